The molecule has 0 saturated heterocycles. The van der Waals surface area contributed by atoms with Crippen LogP contribution in [0.3, 0.4) is 0 Å². The Kier molecular flexibility index (Phi) is 3.66. The SMILES string of the molecule is O=C1CNC(C=CC2CC2)(C(F)(F)F)c2c(ccc(F)c2F)N1. The number of allylic oxidation sites excluding steroid dienone is 1. The summed E-state index contributed by atoms with van der Waals surface area (Å²) in [5.74, 6) is -3.81. The molecule has 0 radical (unpaired) electrons. The standard InChI is InChI=1S/C15H13F5N2O/c16-9-3-4-10-12(13(9)17)14(15(18,19)20,6-5-8-1-2-8)21-7-11(23)22-10/h3-6,8,21H,1-2,7H2,(H,22,23). The predicted octanol–water partition coefficient (Wildman–Crippen LogP) is 3.23. The van der Waals surface area contributed by atoms with Crippen LogP contribution in [-0.2, 0) is 10.3 Å². The third kappa shape index (κ3) is 2.71. The highest BCUT2D eigenvalue weighted by Crippen LogP contribution is 2.46. The number of anilines is 1. The van der Waals surface area contributed by atoms with Gasteiger partial charge in [-0.1, -0.05) is 12.2 Å². The van der Waals surface area contributed by atoms with Crippen molar-refractivity contribution in [3.05, 3.63) is 41.5 Å². The number of rotatable bonds is 2. The van der Waals surface area contributed by atoms with E-state index in [9.17, 15) is 26.7 Å². The average molecular weight is 332 g/mol. The Morgan fingerprint density at radius 2 is 1.91 bits per heavy atom. The van der Waals surface area contributed by atoms with Gasteiger partial charge in [-0.2, -0.15) is 13.2 Å². The molecule has 1 atom stereocenters. The van der Waals surface area contributed by atoms with Crippen LogP contribution in [0.5, 0.6) is 0 Å². The lowest BCUT2D eigenvalue weighted by Gasteiger charge is -2.34. The van der Waals surface area contributed by atoms with E-state index in [1.54, 1.807) is 0 Å². The summed E-state index contributed by atoms with van der Waals surface area (Å²) < 4.78 is 69.3. The first-order valence-corrected chi connectivity index (χ1v) is 7.04. The highest BCUT2D eigenvalue weighted by atomic mass is 19.4. The molecule has 1 aromatic carbocycles. The molecular weight excluding hydrogens is 319 g/mol. The van der Waals surface area contributed by atoms with Crippen LogP contribution in [0.2, 0.25) is 0 Å². The maximum atomic E-state index is 14.3. The Bertz CT molecular complexity index is 681. The molecule has 1 aromatic rings. The molecule has 124 valence electrons. The van der Waals surface area contributed by atoms with E-state index >= 15 is 0 Å². The summed E-state index contributed by atoms with van der Waals surface area (Å²) in [6, 6.07) is 1.62. The molecule has 0 spiro atoms. The van der Waals surface area contributed by atoms with Crippen LogP contribution < -0.4 is 10.6 Å². The van der Waals surface area contributed by atoms with Gasteiger partial charge in [0.05, 0.1) is 6.54 Å². The van der Waals surface area contributed by atoms with Crippen molar-refractivity contribution in [3.8, 4) is 0 Å². The molecule has 0 bridgehead atoms. The number of benzene rings is 1. The minimum Gasteiger partial charge on any atom is -0.325 e. The van der Waals surface area contributed by atoms with E-state index in [2.05, 4.69) is 10.6 Å². The Balaban J connectivity index is 2.26. The summed E-state index contributed by atoms with van der Waals surface area (Å²) in [5, 5.41) is 4.24. The molecule has 1 unspecified atom stereocenters. The lowest BCUT2D eigenvalue weighted by molar-refractivity contribution is -0.185. The van der Waals surface area contributed by atoms with Crippen LogP contribution in [0.1, 0.15) is 18.4 Å². The van der Waals surface area contributed by atoms with Crippen molar-refractivity contribution >= 4 is 11.6 Å². The van der Waals surface area contributed by atoms with E-state index in [1.165, 1.54) is 6.08 Å². The summed E-state index contributed by atoms with van der Waals surface area (Å²) in [5.41, 5.74) is -4.31. The van der Waals surface area contributed by atoms with E-state index in [0.29, 0.717) is 6.07 Å². The summed E-state index contributed by atoms with van der Waals surface area (Å²) in [7, 11) is 0. The zero-order valence-corrected chi connectivity index (χ0v) is 11.8. The molecule has 1 amide bonds. The first-order chi connectivity index (χ1) is 10.7. The van der Waals surface area contributed by atoms with Gasteiger partial charge in [-0.25, -0.2) is 8.78 Å². The summed E-state index contributed by atoms with van der Waals surface area (Å²) >= 11 is 0. The van der Waals surface area contributed by atoms with Gasteiger partial charge in [0, 0.05) is 11.3 Å². The van der Waals surface area contributed by atoms with Gasteiger partial charge < -0.3 is 5.32 Å². The van der Waals surface area contributed by atoms with Crippen LogP contribution in [-0.4, -0.2) is 18.6 Å². The molecule has 1 heterocycles. The largest absolute Gasteiger partial charge is 0.414 e. The normalized spacial score (nSPS) is 25.2. The van der Waals surface area contributed by atoms with E-state index in [0.717, 1.165) is 25.0 Å². The van der Waals surface area contributed by atoms with Gasteiger partial charge in [-0.15, -0.1) is 0 Å². The van der Waals surface area contributed by atoms with Crippen LogP contribution in [0.4, 0.5) is 27.6 Å². The monoisotopic (exact) mass is 332 g/mol. The fraction of sp³-hybridized carbons (Fsp3) is 0.400. The molecule has 0 aromatic heterocycles. The minimum atomic E-state index is -4.96. The first kappa shape index (κ1) is 15.9. The third-order valence-corrected chi connectivity index (χ3v) is 3.98. The Labute approximate surface area is 128 Å². The van der Waals surface area contributed by atoms with E-state index in [1.807, 2.05) is 0 Å². The molecule has 3 rings (SSSR count). The third-order valence-electron chi connectivity index (χ3n) is 3.98. The zero-order chi connectivity index (χ0) is 16.8. The van der Waals surface area contributed by atoms with Gasteiger partial charge in [0.2, 0.25) is 5.91 Å². The van der Waals surface area contributed by atoms with Crippen molar-refractivity contribution in [2.45, 2.75) is 24.6 Å². The van der Waals surface area contributed by atoms with Crippen LogP contribution in [0, 0.1) is 17.6 Å². The molecule has 1 aliphatic carbocycles. The van der Waals surface area contributed by atoms with Crippen LogP contribution in [0.15, 0.2) is 24.3 Å². The second-order valence-electron chi connectivity index (χ2n) is 5.69. The van der Waals surface area contributed by atoms with Crippen molar-refractivity contribution in [2.24, 2.45) is 5.92 Å². The maximum absolute atomic E-state index is 14.3. The molecule has 1 aliphatic heterocycles. The van der Waals surface area contributed by atoms with Crippen molar-refractivity contribution in [3.63, 3.8) is 0 Å². The van der Waals surface area contributed by atoms with Crippen molar-refractivity contribution in [1.82, 2.24) is 5.32 Å². The van der Waals surface area contributed by atoms with Crippen molar-refractivity contribution in [1.29, 1.82) is 0 Å². The first-order valence-electron chi connectivity index (χ1n) is 7.04. The Morgan fingerprint density at radius 1 is 1.22 bits per heavy atom. The fourth-order valence-corrected chi connectivity index (χ4v) is 2.59. The number of alkyl halides is 3. The van der Waals surface area contributed by atoms with Gasteiger partial charge in [0.15, 0.2) is 17.2 Å². The number of hydrogen-bond donors (Lipinski definition) is 2. The Hall–Kier alpha value is -1.96. The molecule has 3 nitrogen and oxygen atoms in total. The van der Waals surface area contributed by atoms with E-state index in [-0.39, 0.29) is 5.92 Å². The van der Waals surface area contributed by atoms with Gasteiger partial charge in [-0.05, 0) is 30.9 Å². The zero-order valence-electron chi connectivity index (χ0n) is 11.8. The smallest absolute Gasteiger partial charge is 0.325 e. The minimum absolute atomic E-state index is 0.0111. The predicted molar refractivity (Wildman–Crippen MR) is 72.6 cm³/mol. The second-order valence-corrected chi connectivity index (χ2v) is 5.69. The molecule has 23 heavy (non-hydrogen) atoms. The number of nitrogens with one attached hydrogen (secondary N) is 2. The molecule has 1 saturated carbocycles. The van der Waals surface area contributed by atoms with Crippen LogP contribution >= 0.6 is 0 Å². The average Bonchev–Trinajstić information content (AvgIpc) is 3.27. The molecule has 8 heteroatoms. The van der Waals surface area contributed by atoms with Gasteiger partial charge in [0.25, 0.3) is 0 Å². The van der Waals surface area contributed by atoms with Crippen molar-refractivity contribution in [2.75, 3.05) is 11.9 Å². The number of halogens is 5. The number of carbonyl (C=O) groups is 1. The number of fused-ring (bicyclic) bond motifs is 1. The van der Waals surface area contributed by atoms with E-state index < -0.39 is 47.1 Å². The molecule has 1 fully saturated rings. The maximum Gasteiger partial charge on any atom is 0.414 e. The molecule has 2 aliphatic rings. The fourth-order valence-electron chi connectivity index (χ4n) is 2.59. The van der Waals surface area contributed by atoms with Gasteiger partial charge in [-0.3, -0.25) is 10.1 Å². The number of hydrogen-bond acceptors (Lipinski definition) is 2. The highest BCUT2D eigenvalue weighted by molar-refractivity contribution is 5.94. The quantitative estimate of drug-likeness (QED) is 0.645. The van der Waals surface area contributed by atoms with Gasteiger partial charge >= 0.3 is 6.18 Å². The molecular formula is C15H13F5N2O. The van der Waals surface area contributed by atoms with Crippen LogP contribution in [0.25, 0.3) is 0 Å². The number of amides is 1. The Morgan fingerprint density at radius 3 is 2.52 bits per heavy atom. The topological polar surface area (TPSA) is 41.1 Å². The van der Waals surface area contributed by atoms with E-state index in [4.69, 9.17) is 0 Å². The van der Waals surface area contributed by atoms with Gasteiger partial charge in [0.1, 0.15) is 0 Å². The summed E-state index contributed by atoms with van der Waals surface area (Å²) in [6.07, 6.45) is -1.33. The lowest BCUT2D eigenvalue weighted by Crippen LogP contribution is -2.53. The second kappa shape index (κ2) is 5.30. The lowest BCUT2D eigenvalue weighted by atomic mass is 9.86. The molecule has 2 N–H and O–H groups in total. The summed E-state index contributed by atoms with van der Waals surface area (Å²) in [6.45, 7) is -0.676. The van der Waals surface area contributed by atoms with Crippen molar-refractivity contribution < 1.29 is 26.7 Å². The number of carbonyl (C=O) groups excluding carboxylic acids is 1. The summed E-state index contributed by atoms with van der Waals surface area (Å²) in [4.78, 5) is 11.6. The highest BCUT2D eigenvalue weighted by Gasteiger charge is 2.58.